The van der Waals surface area contributed by atoms with E-state index in [1.165, 1.54) is 0 Å². The molecule has 0 aliphatic heterocycles. The zero-order chi connectivity index (χ0) is 7.84. The Labute approximate surface area is 60.9 Å². The summed E-state index contributed by atoms with van der Waals surface area (Å²) in [5, 5.41) is 5.96. The number of H-pyrrole nitrogens is 1. The van der Waals surface area contributed by atoms with Crippen LogP contribution in [0.5, 0.6) is 0 Å². The molecule has 6 nitrogen and oxygen atoms in total. The minimum atomic E-state index is -0.476. The zero-order valence-electron chi connectivity index (χ0n) is 5.77. The number of nitrogens with one attached hydrogen (secondary N) is 1. The summed E-state index contributed by atoms with van der Waals surface area (Å²) in [6.45, 7) is 0. The average molecular weight is 151 g/mol. The van der Waals surface area contributed by atoms with E-state index in [4.69, 9.17) is 0 Å². The second-order valence-electron chi connectivity index (χ2n) is 2.14. The molecule has 56 valence electrons. The Morgan fingerprint density at radius 1 is 1.64 bits per heavy atom. The van der Waals surface area contributed by atoms with E-state index >= 15 is 0 Å². The summed E-state index contributed by atoms with van der Waals surface area (Å²) in [4.78, 5) is 18.1. The molecule has 0 saturated carbocycles. The summed E-state index contributed by atoms with van der Waals surface area (Å²) in [6.07, 6.45) is 1.55. The Hall–Kier alpha value is -1.72. The molecule has 2 heterocycles. The van der Waals surface area contributed by atoms with Crippen molar-refractivity contribution in [3.8, 4) is 0 Å². The minimum Gasteiger partial charge on any atom is -0.316 e. The number of hydrogen-bond acceptors (Lipinski definition) is 4. The number of aryl methyl sites for hydroxylation is 1. The lowest BCUT2D eigenvalue weighted by atomic mass is 10.7. The normalized spacial score (nSPS) is 10.6. The maximum atomic E-state index is 10.6. The highest BCUT2D eigenvalue weighted by molar-refractivity contribution is 5.63. The molecule has 0 unspecified atom stereocenters. The van der Waals surface area contributed by atoms with Crippen LogP contribution in [-0.2, 0) is 7.05 Å². The third-order valence-corrected chi connectivity index (χ3v) is 1.35. The summed E-state index contributed by atoms with van der Waals surface area (Å²) >= 11 is 0. The van der Waals surface area contributed by atoms with E-state index in [2.05, 4.69) is 20.2 Å². The van der Waals surface area contributed by atoms with Crippen molar-refractivity contribution in [3.63, 3.8) is 0 Å². The van der Waals surface area contributed by atoms with Gasteiger partial charge in [-0.2, -0.15) is 4.98 Å². The van der Waals surface area contributed by atoms with E-state index < -0.39 is 5.69 Å². The minimum absolute atomic E-state index is 0.372. The first-order chi connectivity index (χ1) is 5.27. The highest BCUT2D eigenvalue weighted by Crippen LogP contribution is 1.98. The number of rotatable bonds is 0. The van der Waals surface area contributed by atoms with Crippen LogP contribution >= 0.6 is 0 Å². The van der Waals surface area contributed by atoms with Gasteiger partial charge >= 0.3 is 5.69 Å². The molecule has 2 aromatic heterocycles. The van der Waals surface area contributed by atoms with Gasteiger partial charge in [-0.1, -0.05) is 0 Å². The van der Waals surface area contributed by atoms with Gasteiger partial charge < -0.3 is 4.57 Å². The Morgan fingerprint density at radius 2 is 2.45 bits per heavy atom. The highest BCUT2D eigenvalue weighted by atomic mass is 16.1. The van der Waals surface area contributed by atoms with Crippen LogP contribution in [0.4, 0.5) is 0 Å². The number of aromatic nitrogens is 5. The van der Waals surface area contributed by atoms with Crippen LogP contribution in [0.25, 0.3) is 11.3 Å². The van der Waals surface area contributed by atoms with Gasteiger partial charge in [-0.15, -0.1) is 5.10 Å². The van der Waals surface area contributed by atoms with E-state index in [-0.39, 0.29) is 0 Å². The van der Waals surface area contributed by atoms with Gasteiger partial charge in [0.25, 0.3) is 0 Å². The van der Waals surface area contributed by atoms with Crippen LogP contribution in [0.3, 0.4) is 0 Å². The molecule has 0 spiro atoms. The van der Waals surface area contributed by atoms with Crippen LogP contribution in [0.1, 0.15) is 0 Å². The maximum absolute atomic E-state index is 10.6. The number of aromatic amines is 1. The quantitative estimate of drug-likeness (QED) is 0.526. The molecule has 2 aromatic rings. The smallest absolute Gasteiger partial charge is 0.316 e. The largest absolute Gasteiger partial charge is 0.363 e. The molecule has 0 atom stereocenters. The molecule has 0 aromatic carbocycles. The van der Waals surface area contributed by atoms with Crippen molar-refractivity contribution in [2.24, 2.45) is 7.05 Å². The Kier molecular flexibility index (Phi) is 1.03. The van der Waals surface area contributed by atoms with Crippen molar-refractivity contribution >= 4 is 11.3 Å². The van der Waals surface area contributed by atoms with E-state index in [1.54, 1.807) is 17.9 Å². The predicted molar refractivity (Wildman–Crippen MR) is 36.9 cm³/mol. The molecule has 0 fully saturated rings. The van der Waals surface area contributed by atoms with E-state index in [1.807, 2.05) is 0 Å². The molecule has 6 heteroatoms. The molecule has 2 rings (SSSR count). The lowest BCUT2D eigenvalue weighted by molar-refractivity contribution is 0.884. The van der Waals surface area contributed by atoms with E-state index in [0.717, 1.165) is 0 Å². The summed E-state index contributed by atoms with van der Waals surface area (Å²) in [5.41, 5.74) is 0.469. The molecule has 0 amide bonds. The van der Waals surface area contributed by atoms with Crippen LogP contribution in [-0.4, -0.2) is 24.7 Å². The number of hydrogen-bond donors (Lipinski definition) is 1. The third kappa shape index (κ3) is 0.794. The van der Waals surface area contributed by atoms with Crippen molar-refractivity contribution < 1.29 is 0 Å². The van der Waals surface area contributed by atoms with Crippen LogP contribution in [0.2, 0.25) is 0 Å². The van der Waals surface area contributed by atoms with Gasteiger partial charge in [0.15, 0.2) is 5.65 Å². The van der Waals surface area contributed by atoms with Gasteiger partial charge in [-0.25, -0.2) is 14.9 Å². The Balaban J connectivity index is 2.96. The molecule has 0 bridgehead atoms. The summed E-state index contributed by atoms with van der Waals surface area (Å²) in [6, 6.07) is 0. The fourth-order valence-electron chi connectivity index (χ4n) is 0.841. The second kappa shape index (κ2) is 1.88. The van der Waals surface area contributed by atoms with Gasteiger partial charge in [0, 0.05) is 7.05 Å². The summed E-state index contributed by atoms with van der Waals surface area (Å²) in [5.74, 6) is 0. The first-order valence-corrected chi connectivity index (χ1v) is 3.01. The highest BCUT2D eigenvalue weighted by Gasteiger charge is 2.00. The van der Waals surface area contributed by atoms with Crippen molar-refractivity contribution in [2.75, 3.05) is 0 Å². The van der Waals surface area contributed by atoms with Gasteiger partial charge in [-0.3, -0.25) is 0 Å². The summed E-state index contributed by atoms with van der Waals surface area (Å²) < 4.78 is 1.68. The number of nitrogens with zero attached hydrogens (tertiary/aromatic N) is 4. The van der Waals surface area contributed by atoms with Gasteiger partial charge in [0.2, 0.25) is 5.65 Å². The molecular weight excluding hydrogens is 146 g/mol. The Bertz CT molecular complexity index is 441. The molecular formula is C5H5N5O. The third-order valence-electron chi connectivity index (χ3n) is 1.35. The van der Waals surface area contributed by atoms with Crippen molar-refractivity contribution in [1.29, 1.82) is 0 Å². The van der Waals surface area contributed by atoms with Crippen LogP contribution in [0.15, 0.2) is 11.1 Å². The van der Waals surface area contributed by atoms with Gasteiger partial charge in [-0.05, 0) is 0 Å². The molecule has 0 saturated heterocycles. The molecule has 0 aliphatic rings. The SMILES string of the molecule is Cn1cnc2nc(=O)[nH]nc21. The van der Waals surface area contributed by atoms with Crippen LogP contribution < -0.4 is 5.69 Å². The first kappa shape index (κ1) is 6.02. The Morgan fingerprint density at radius 3 is 3.27 bits per heavy atom. The lowest BCUT2D eigenvalue weighted by Gasteiger charge is -1.88. The van der Waals surface area contributed by atoms with Crippen molar-refractivity contribution in [1.82, 2.24) is 24.7 Å². The fraction of sp³-hybridized carbons (Fsp3) is 0.200. The van der Waals surface area contributed by atoms with Gasteiger partial charge in [0.05, 0.1) is 6.33 Å². The standard InChI is InChI=1S/C5H5N5O/c1-10-2-6-3-4(10)8-9-5(11)7-3/h2H,1H3,(H,7,9,11). The second-order valence-corrected chi connectivity index (χ2v) is 2.14. The topological polar surface area (TPSA) is 76.5 Å². The fourth-order valence-corrected chi connectivity index (χ4v) is 0.841. The maximum Gasteiger partial charge on any atom is 0.363 e. The number of fused-ring (bicyclic) bond motifs is 1. The first-order valence-electron chi connectivity index (χ1n) is 3.01. The van der Waals surface area contributed by atoms with Crippen LogP contribution in [0, 0.1) is 0 Å². The lowest BCUT2D eigenvalue weighted by Crippen LogP contribution is -2.11. The zero-order valence-corrected chi connectivity index (χ0v) is 5.77. The molecule has 0 aliphatic carbocycles. The van der Waals surface area contributed by atoms with Crippen molar-refractivity contribution in [2.45, 2.75) is 0 Å². The average Bonchev–Trinajstić information content (AvgIpc) is 2.32. The summed E-state index contributed by atoms with van der Waals surface area (Å²) in [7, 11) is 1.78. The van der Waals surface area contributed by atoms with Gasteiger partial charge in [0.1, 0.15) is 0 Å². The molecule has 1 N–H and O–H groups in total. The molecule has 11 heavy (non-hydrogen) atoms. The van der Waals surface area contributed by atoms with Crippen molar-refractivity contribution in [3.05, 3.63) is 16.8 Å². The van der Waals surface area contributed by atoms with E-state index in [9.17, 15) is 4.79 Å². The van der Waals surface area contributed by atoms with E-state index in [0.29, 0.717) is 11.3 Å². The monoisotopic (exact) mass is 151 g/mol. The molecule has 0 radical (unpaired) electrons. The predicted octanol–water partition coefficient (Wildman–Crippen LogP) is -0.948. The number of imidazole rings is 1.